The summed E-state index contributed by atoms with van der Waals surface area (Å²) in [4.78, 5) is 22.7. The lowest BCUT2D eigenvalue weighted by molar-refractivity contribution is -0.128. The van der Waals surface area contributed by atoms with E-state index in [1.54, 1.807) is 0 Å². The van der Waals surface area contributed by atoms with Crippen molar-refractivity contribution in [3.8, 4) is 0 Å². The van der Waals surface area contributed by atoms with Gasteiger partial charge >= 0.3 is 0 Å². The monoisotopic (exact) mass is 249 g/mol. The van der Waals surface area contributed by atoms with Gasteiger partial charge in [0.15, 0.2) is 0 Å². The van der Waals surface area contributed by atoms with Crippen molar-refractivity contribution < 1.29 is 9.59 Å². The average molecular weight is 250 g/mol. The summed E-state index contributed by atoms with van der Waals surface area (Å²) in [5.41, 5.74) is 0. The molecule has 0 aromatic rings. The number of nitrogens with one attached hydrogen (secondary N) is 3. The first-order chi connectivity index (χ1) is 7.09. The van der Waals surface area contributed by atoms with Crippen molar-refractivity contribution in [3.63, 3.8) is 0 Å². The van der Waals surface area contributed by atoms with Crippen LogP contribution in [0.4, 0.5) is 0 Å². The average Bonchev–Trinajstić information content (AvgIpc) is 2.65. The second-order valence-electron chi connectivity index (χ2n) is 4.13. The standard InChI is InChI=1S/C10H19N3O2.ClH/c1-7(2)13-9(14)6-12-10(15)8-3-4-11-5-8;/h7-8,11H,3-6H2,1-2H3,(H,12,15)(H,13,14);1H. The molecule has 1 atom stereocenters. The van der Waals surface area contributed by atoms with E-state index in [4.69, 9.17) is 0 Å². The van der Waals surface area contributed by atoms with Crippen LogP contribution in [0.5, 0.6) is 0 Å². The Morgan fingerprint density at radius 3 is 2.62 bits per heavy atom. The van der Waals surface area contributed by atoms with Crippen LogP contribution in [0, 0.1) is 5.92 Å². The second kappa shape index (κ2) is 7.46. The summed E-state index contributed by atoms with van der Waals surface area (Å²) in [7, 11) is 0. The van der Waals surface area contributed by atoms with Crippen molar-refractivity contribution in [1.29, 1.82) is 0 Å². The van der Waals surface area contributed by atoms with E-state index in [0.29, 0.717) is 0 Å². The Labute approximate surface area is 102 Å². The SMILES string of the molecule is CC(C)NC(=O)CNC(=O)C1CCNC1.Cl. The van der Waals surface area contributed by atoms with Crippen molar-refractivity contribution in [2.75, 3.05) is 19.6 Å². The number of hydrogen-bond acceptors (Lipinski definition) is 3. The summed E-state index contributed by atoms with van der Waals surface area (Å²) in [6.45, 7) is 5.46. The number of carbonyl (C=O) groups excluding carboxylic acids is 2. The van der Waals surface area contributed by atoms with Gasteiger partial charge in [0.2, 0.25) is 11.8 Å². The fourth-order valence-corrected chi connectivity index (χ4v) is 1.56. The van der Waals surface area contributed by atoms with Crippen molar-refractivity contribution in [1.82, 2.24) is 16.0 Å². The fraction of sp³-hybridized carbons (Fsp3) is 0.800. The smallest absolute Gasteiger partial charge is 0.239 e. The van der Waals surface area contributed by atoms with Gasteiger partial charge in [0.05, 0.1) is 12.5 Å². The van der Waals surface area contributed by atoms with E-state index in [-0.39, 0.29) is 42.7 Å². The molecule has 0 aliphatic carbocycles. The van der Waals surface area contributed by atoms with Crippen LogP contribution >= 0.6 is 12.4 Å². The minimum absolute atomic E-state index is 0. The predicted molar refractivity (Wildman–Crippen MR) is 64.5 cm³/mol. The number of carbonyl (C=O) groups is 2. The molecule has 0 radical (unpaired) electrons. The van der Waals surface area contributed by atoms with Crippen LogP contribution in [0.25, 0.3) is 0 Å². The molecule has 1 unspecified atom stereocenters. The van der Waals surface area contributed by atoms with E-state index in [0.717, 1.165) is 19.5 Å². The molecule has 5 nitrogen and oxygen atoms in total. The normalized spacial score (nSPS) is 19.1. The summed E-state index contributed by atoms with van der Waals surface area (Å²) in [5, 5.41) is 8.47. The molecule has 1 saturated heterocycles. The molecule has 0 aromatic heterocycles. The molecule has 0 saturated carbocycles. The van der Waals surface area contributed by atoms with Gasteiger partial charge in [0.1, 0.15) is 0 Å². The highest BCUT2D eigenvalue weighted by atomic mass is 35.5. The Morgan fingerprint density at radius 2 is 2.12 bits per heavy atom. The first-order valence-corrected chi connectivity index (χ1v) is 5.37. The molecule has 1 rings (SSSR count). The Hall–Kier alpha value is -0.810. The van der Waals surface area contributed by atoms with Crippen LogP contribution in [0.15, 0.2) is 0 Å². The molecule has 16 heavy (non-hydrogen) atoms. The van der Waals surface area contributed by atoms with Gasteiger partial charge in [-0.3, -0.25) is 9.59 Å². The molecule has 2 amide bonds. The highest BCUT2D eigenvalue weighted by Crippen LogP contribution is 2.06. The number of rotatable bonds is 4. The molecule has 0 bridgehead atoms. The van der Waals surface area contributed by atoms with Crippen LogP contribution in [0.2, 0.25) is 0 Å². The van der Waals surface area contributed by atoms with Crippen LogP contribution in [0.1, 0.15) is 20.3 Å². The van der Waals surface area contributed by atoms with Gasteiger partial charge in [-0.1, -0.05) is 0 Å². The van der Waals surface area contributed by atoms with Crippen molar-refractivity contribution >= 4 is 24.2 Å². The van der Waals surface area contributed by atoms with Crippen LogP contribution in [-0.4, -0.2) is 37.5 Å². The summed E-state index contributed by atoms with van der Waals surface area (Å²) in [6, 6.07) is 0.113. The predicted octanol–water partition coefficient (Wildman–Crippen LogP) is -0.341. The van der Waals surface area contributed by atoms with Crippen LogP contribution < -0.4 is 16.0 Å². The van der Waals surface area contributed by atoms with E-state index in [1.165, 1.54) is 0 Å². The van der Waals surface area contributed by atoms with Gasteiger partial charge in [-0.15, -0.1) is 12.4 Å². The van der Waals surface area contributed by atoms with Gasteiger partial charge < -0.3 is 16.0 Å². The molecule has 1 heterocycles. The van der Waals surface area contributed by atoms with Gasteiger partial charge in [-0.25, -0.2) is 0 Å². The second-order valence-corrected chi connectivity index (χ2v) is 4.13. The molecule has 6 heteroatoms. The van der Waals surface area contributed by atoms with Gasteiger partial charge in [-0.05, 0) is 26.8 Å². The van der Waals surface area contributed by atoms with Gasteiger partial charge in [-0.2, -0.15) is 0 Å². The third kappa shape index (κ3) is 5.32. The van der Waals surface area contributed by atoms with E-state index in [2.05, 4.69) is 16.0 Å². The van der Waals surface area contributed by atoms with E-state index >= 15 is 0 Å². The summed E-state index contributed by atoms with van der Waals surface area (Å²) < 4.78 is 0. The minimum Gasteiger partial charge on any atom is -0.352 e. The molecular formula is C10H20ClN3O2. The quantitative estimate of drug-likeness (QED) is 0.639. The maximum atomic E-state index is 11.5. The molecule has 0 spiro atoms. The number of halogens is 1. The van der Waals surface area contributed by atoms with Crippen molar-refractivity contribution in [2.24, 2.45) is 5.92 Å². The summed E-state index contributed by atoms with van der Waals surface area (Å²) >= 11 is 0. The fourth-order valence-electron chi connectivity index (χ4n) is 1.56. The molecule has 94 valence electrons. The molecule has 1 fully saturated rings. The molecule has 3 N–H and O–H groups in total. The van der Waals surface area contributed by atoms with E-state index in [1.807, 2.05) is 13.8 Å². The zero-order chi connectivity index (χ0) is 11.3. The molecule has 0 aromatic carbocycles. The Kier molecular flexibility index (Phi) is 7.08. The zero-order valence-corrected chi connectivity index (χ0v) is 10.5. The van der Waals surface area contributed by atoms with Crippen molar-refractivity contribution in [2.45, 2.75) is 26.3 Å². The molecular weight excluding hydrogens is 230 g/mol. The van der Waals surface area contributed by atoms with E-state index in [9.17, 15) is 9.59 Å². The topological polar surface area (TPSA) is 70.2 Å². The lowest BCUT2D eigenvalue weighted by Crippen LogP contribution is -2.42. The first kappa shape index (κ1) is 15.2. The highest BCUT2D eigenvalue weighted by molar-refractivity contribution is 5.86. The molecule has 1 aliphatic heterocycles. The van der Waals surface area contributed by atoms with Gasteiger partial charge in [0.25, 0.3) is 0 Å². The third-order valence-electron chi connectivity index (χ3n) is 2.30. The first-order valence-electron chi connectivity index (χ1n) is 5.37. The van der Waals surface area contributed by atoms with Crippen LogP contribution in [-0.2, 0) is 9.59 Å². The summed E-state index contributed by atoms with van der Waals surface area (Å²) in [6.07, 6.45) is 0.859. The van der Waals surface area contributed by atoms with Crippen molar-refractivity contribution in [3.05, 3.63) is 0 Å². The lowest BCUT2D eigenvalue weighted by Gasteiger charge is -2.11. The third-order valence-corrected chi connectivity index (χ3v) is 2.30. The van der Waals surface area contributed by atoms with Gasteiger partial charge in [0, 0.05) is 12.6 Å². The zero-order valence-electron chi connectivity index (χ0n) is 9.71. The highest BCUT2D eigenvalue weighted by Gasteiger charge is 2.22. The van der Waals surface area contributed by atoms with E-state index < -0.39 is 0 Å². The maximum absolute atomic E-state index is 11.5. The molecule has 1 aliphatic rings. The Bertz CT molecular complexity index is 240. The maximum Gasteiger partial charge on any atom is 0.239 e. The minimum atomic E-state index is -0.135. The largest absolute Gasteiger partial charge is 0.352 e. The Morgan fingerprint density at radius 1 is 1.44 bits per heavy atom. The summed E-state index contributed by atoms with van der Waals surface area (Å²) in [5.74, 6) is -0.139. The number of hydrogen-bond donors (Lipinski definition) is 3. The van der Waals surface area contributed by atoms with Crippen LogP contribution in [0.3, 0.4) is 0 Å². The Balaban J connectivity index is 0.00000225. The number of amides is 2. The lowest BCUT2D eigenvalue weighted by atomic mass is 10.1.